The van der Waals surface area contributed by atoms with Gasteiger partial charge in [0.15, 0.2) is 0 Å². The average molecular weight is 170 g/mol. The molecule has 3 nitrogen and oxygen atoms in total. The predicted molar refractivity (Wildman–Crippen MR) is 50.7 cm³/mol. The highest BCUT2D eigenvalue weighted by Gasteiger charge is 2.04. The van der Waals surface area contributed by atoms with Gasteiger partial charge in [-0.1, -0.05) is 19.1 Å². The maximum Gasteiger partial charge on any atom is 0.226 e. The van der Waals surface area contributed by atoms with E-state index in [-0.39, 0.29) is 11.8 Å². The number of hydrogen-bond acceptors (Lipinski definition) is 2. The molecule has 0 aliphatic rings. The summed E-state index contributed by atoms with van der Waals surface area (Å²) in [5, 5.41) is 2.59. The first-order valence-electron chi connectivity index (χ1n) is 4.30. The van der Waals surface area contributed by atoms with Crippen molar-refractivity contribution in [2.75, 3.05) is 13.6 Å². The lowest BCUT2D eigenvalue weighted by Gasteiger charge is -2.02. The van der Waals surface area contributed by atoms with Crippen molar-refractivity contribution in [3.8, 4) is 0 Å². The molecule has 3 N–H and O–H groups in total. The number of nitrogens with one attached hydrogen (secondary N) is 1. The first kappa shape index (κ1) is 11.2. The Hall–Kier alpha value is -0.830. The zero-order valence-electron chi connectivity index (χ0n) is 7.84. The second-order valence-electron chi connectivity index (χ2n) is 2.76. The predicted octanol–water partition coefficient (Wildman–Crippen LogP) is 0.664. The van der Waals surface area contributed by atoms with E-state index in [0.29, 0.717) is 6.54 Å². The van der Waals surface area contributed by atoms with Gasteiger partial charge in [0.1, 0.15) is 0 Å². The number of allylic oxidation sites excluding steroid dienone is 1. The molecule has 0 rings (SSSR count). The molecule has 0 bridgehead atoms. The molecule has 0 saturated carbocycles. The molecule has 0 spiro atoms. The molecule has 0 unspecified atom stereocenters. The number of carbonyl (C=O) groups is 1. The zero-order chi connectivity index (χ0) is 9.40. The Morgan fingerprint density at radius 1 is 1.67 bits per heavy atom. The minimum atomic E-state index is -0.0345. The van der Waals surface area contributed by atoms with Gasteiger partial charge < -0.3 is 11.1 Å². The third-order valence-electron chi connectivity index (χ3n) is 1.66. The highest BCUT2D eigenvalue weighted by molar-refractivity contribution is 5.79. The van der Waals surface area contributed by atoms with E-state index < -0.39 is 0 Å². The summed E-state index contributed by atoms with van der Waals surface area (Å²) in [6, 6.07) is 0. The van der Waals surface area contributed by atoms with Crippen LogP contribution in [0.5, 0.6) is 0 Å². The first-order valence-corrected chi connectivity index (χ1v) is 4.30. The molecule has 0 aromatic carbocycles. The third-order valence-corrected chi connectivity index (χ3v) is 1.66. The lowest BCUT2D eigenvalue weighted by atomic mass is 10.1. The molecule has 0 aromatic rings. The number of rotatable bonds is 5. The topological polar surface area (TPSA) is 55.1 Å². The number of carbonyl (C=O) groups excluding carboxylic acids is 1. The van der Waals surface area contributed by atoms with E-state index in [1.807, 2.05) is 19.1 Å². The zero-order valence-corrected chi connectivity index (χ0v) is 7.84. The van der Waals surface area contributed by atoms with Gasteiger partial charge in [-0.2, -0.15) is 0 Å². The number of unbranched alkanes of at least 4 members (excludes halogenated alkanes) is 1. The molecule has 0 heterocycles. The molecule has 0 fully saturated rings. The van der Waals surface area contributed by atoms with Crippen LogP contribution < -0.4 is 11.1 Å². The van der Waals surface area contributed by atoms with Gasteiger partial charge in [-0.25, -0.2) is 0 Å². The summed E-state index contributed by atoms with van der Waals surface area (Å²) in [6.07, 6.45) is 5.86. The fourth-order valence-corrected chi connectivity index (χ4v) is 0.851. The van der Waals surface area contributed by atoms with Crippen LogP contribution in [-0.4, -0.2) is 19.5 Å². The number of amides is 1. The molecular formula is C9H18N2O. The third kappa shape index (κ3) is 4.91. The lowest BCUT2D eigenvalue weighted by molar-refractivity contribution is -0.122. The molecule has 0 saturated heterocycles. The van der Waals surface area contributed by atoms with Crippen LogP contribution in [0.25, 0.3) is 0 Å². The van der Waals surface area contributed by atoms with Crippen molar-refractivity contribution in [1.82, 2.24) is 5.32 Å². The van der Waals surface area contributed by atoms with Gasteiger partial charge in [0, 0.05) is 7.05 Å². The number of hydrogen-bond donors (Lipinski definition) is 2. The summed E-state index contributed by atoms with van der Waals surface area (Å²) < 4.78 is 0. The Morgan fingerprint density at radius 2 is 2.33 bits per heavy atom. The van der Waals surface area contributed by atoms with E-state index >= 15 is 0 Å². The smallest absolute Gasteiger partial charge is 0.226 e. The molecule has 3 heteroatoms. The highest BCUT2D eigenvalue weighted by Crippen LogP contribution is 1.98. The molecule has 0 aliphatic heterocycles. The summed E-state index contributed by atoms with van der Waals surface area (Å²) in [6.45, 7) is 2.58. The van der Waals surface area contributed by atoms with Crippen LogP contribution in [0.1, 0.15) is 19.8 Å². The van der Waals surface area contributed by atoms with E-state index in [2.05, 4.69) is 5.32 Å². The molecule has 0 radical (unpaired) electrons. The fraction of sp³-hybridized carbons (Fsp3) is 0.667. The summed E-state index contributed by atoms with van der Waals surface area (Å²) >= 11 is 0. The van der Waals surface area contributed by atoms with Gasteiger partial charge in [0.25, 0.3) is 0 Å². The molecular weight excluding hydrogens is 152 g/mol. The fourth-order valence-electron chi connectivity index (χ4n) is 0.851. The second-order valence-corrected chi connectivity index (χ2v) is 2.76. The molecule has 1 atom stereocenters. The van der Waals surface area contributed by atoms with Crippen molar-refractivity contribution in [2.45, 2.75) is 19.8 Å². The van der Waals surface area contributed by atoms with E-state index in [1.54, 1.807) is 7.05 Å². The SMILES string of the molecule is CNC(=O)[C@@H](C)/C=C/CCCN. The van der Waals surface area contributed by atoms with Crippen LogP contribution in [0.2, 0.25) is 0 Å². The van der Waals surface area contributed by atoms with Crippen molar-refractivity contribution < 1.29 is 4.79 Å². The minimum absolute atomic E-state index is 0.0345. The molecule has 70 valence electrons. The van der Waals surface area contributed by atoms with Crippen LogP contribution in [-0.2, 0) is 4.79 Å². The van der Waals surface area contributed by atoms with Crippen molar-refractivity contribution >= 4 is 5.91 Å². The van der Waals surface area contributed by atoms with Gasteiger partial charge in [0.2, 0.25) is 5.91 Å². The summed E-state index contributed by atoms with van der Waals surface area (Å²) in [7, 11) is 1.65. The minimum Gasteiger partial charge on any atom is -0.359 e. The van der Waals surface area contributed by atoms with Crippen LogP contribution in [0.3, 0.4) is 0 Å². The van der Waals surface area contributed by atoms with Crippen LogP contribution >= 0.6 is 0 Å². The van der Waals surface area contributed by atoms with Crippen molar-refractivity contribution in [3.63, 3.8) is 0 Å². The van der Waals surface area contributed by atoms with Gasteiger partial charge in [0.05, 0.1) is 5.92 Å². The quantitative estimate of drug-likeness (QED) is 0.470. The molecule has 12 heavy (non-hydrogen) atoms. The maximum absolute atomic E-state index is 11.0. The van der Waals surface area contributed by atoms with Crippen molar-refractivity contribution in [1.29, 1.82) is 0 Å². The van der Waals surface area contributed by atoms with E-state index in [0.717, 1.165) is 12.8 Å². The lowest BCUT2D eigenvalue weighted by Crippen LogP contribution is -2.23. The summed E-state index contributed by atoms with van der Waals surface area (Å²) in [5.41, 5.74) is 5.32. The van der Waals surface area contributed by atoms with Gasteiger partial charge >= 0.3 is 0 Å². The Bertz CT molecular complexity index is 155. The largest absolute Gasteiger partial charge is 0.359 e. The van der Waals surface area contributed by atoms with Gasteiger partial charge in [-0.3, -0.25) is 4.79 Å². The Labute approximate surface area is 74.0 Å². The van der Waals surface area contributed by atoms with Crippen LogP contribution in [0, 0.1) is 5.92 Å². The van der Waals surface area contributed by atoms with Crippen molar-refractivity contribution in [3.05, 3.63) is 12.2 Å². The van der Waals surface area contributed by atoms with Crippen LogP contribution in [0.4, 0.5) is 0 Å². The number of nitrogens with two attached hydrogens (primary N) is 1. The Morgan fingerprint density at radius 3 is 2.83 bits per heavy atom. The standard InChI is InChI=1S/C9H18N2O/c1-8(9(12)11-2)6-4-3-5-7-10/h4,6,8H,3,5,7,10H2,1-2H3,(H,11,12)/b6-4+/t8-/m0/s1. The maximum atomic E-state index is 11.0. The Balaban J connectivity index is 3.60. The van der Waals surface area contributed by atoms with E-state index in [9.17, 15) is 4.79 Å². The summed E-state index contributed by atoms with van der Waals surface area (Å²) in [4.78, 5) is 11.0. The first-order chi connectivity index (χ1) is 5.72. The molecule has 0 aliphatic carbocycles. The van der Waals surface area contributed by atoms with E-state index in [1.165, 1.54) is 0 Å². The monoisotopic (exact) mass is 170 g/mol. The second kappa shape index (κ2) is 6.85. The van der Waals surface area contributed by atoms with Gasteiger partial charge in [-0.05, 0) is 19.4 Å². The average Bonchev–Trinajstić information content (AvgIpc) is 2.10. The van der Waals surface area contributed by atoms with E-state index in [4.69, 9.17) is 5.73 Å². The molecule has 1 amide bonds. The summed E-state index contributed by atoms with van der Waals surface area (Å²) in [5.74, 6) is 0.0202. The van der Waals surface area contributed by atoms with Crippen LogP contribution in [0.15, 0.2) is 12.2 Å². The molecule has 0 aromatic heterocycles. The Kier molecular flexibility index (Phi) is 6.38. The van der Waals surface area contributed by atoms with Crippen molar-refractivity contribution in [2.24, 2.45) is 11.7 Å². The normalized spacial score (nSPS) is 13.2. The van der Waals surface area contributed by atoms with Gasteiger partial charge in [-0.15, -0.1) is 0 Å². The highest BCUT2D eigenvalue weighted by atomic mass is 16.1.